The minimum Gasteiger partial charge on any atom is -0.490 e. The minimum absolute atomic E-state index is 0.341. The van der Waals surface area contributed by atoms with Crippen LogP contribution in [0.25, 0.3) is 0 Å². The lowest BCUT2D eigenvalue weighted by molar-refractivity contribution is 0.295. The Morgan fingerprint density at radius 3 is 3.18 bits per heavy atom. The van der Waals surface area contributed by atoms with E-state index in [-0.39, 0.29) is 0 Å². The molecule has 2 aromatic rings. The number of rotatable bonds is 3. The maximum absolute atomic E-state index is 5.89. The van der Waals surface area contributed by atoms with Gasteiger partial charge in [-0.1, -0.05) is 12.1 Å². The first-order valence-corrected chi connectivity index (χ1v) is 8.05. The van der Waals surface area contributed by atoms with Gasteiger partial charge in [-0.15, -0.1) is 0 Å². The Morgan fingerprint density at radius 1 is 1.23 bits per heavy atom. The molecule has 2 aliphatic rings. The summed E-state index contributed by atoms with van der Waals surface area (Å²) in [6, 6.07) is 6.47. The number of nitrogens with zero attached hydrogens (tertiary/aromatic N) is 1. The minimum atomic E-state index is 0.341. The summed E-state index contributed by atoms with van der Waals surface area (Å²) in [4.78, 5) is 0. The largest absolute Gasteiger partial charge is 0.490 e. The summed E-state index contributed by atoms with van der Waals surface area (Å²) < 4.78 is 11.6. The fraction of sp³-hybridized carbons (Fsp3) is 0.471. The molecule has 1 aromatic carbocycles. The molecule has 0 bridgehead atoms. The molecule has 2 heterocycles. The summed E-state index contributed by atoms with van der Waals surface area (Å²) in [5.74, 6) is 1.76. The standard InChI is InChI=1S/C17H21N3O2/c1-4-12-11-19-20-16(12)14(6-1)18-10-13-5-2-7-15-17(13)22-9-3-8-21-15/h2,5,7,11,14,18H,1,3-4,6,8-10H2,(H,19,20)/t14-/m0/s1. The first-order valence-electron chi connectivity index (χ1n) is 8.05. The molecular formula is C17H21N3O2. The zero-order valence-corrected chi connectivity index (χ0v) is 12.6. The highest BCUT2D eigenvalue weighted by molar-refractivity contribution is 5.47. The Bertz CT molecular complexity index is 653. The van der Waals surface area contributed by atoms with Gasteiger partial charge >= 0.3 is 0 Å². The van der Waals surface area contributed by atoms with Gasteiger partial charge < -0.3 is 14.8 Å². The third-order valence-electron chi connectivity index (χ3n) is 4.43. The number of hydrogen-bond acceptors (Lipinski definition) is 4. The number of hydrogen-bond donors (Lipinski definition) is 2. The predicted octanol–water partition coefficient (Wildman–Crippen LogP) is 2.74. The van der Waals surface area contributed by atoms with Crippen LogP contribution in [-0.4, -0.2) is 23.4 Å². The van der Waals surface area contributed by atoms with E-state index in [1.54, 1.807) is 0 Å². The molecule has 5 heteroatoms. The summed E-state index contributed by atoms with van der Waals surface area (Å²) in [5.41, 5.74) is 3.74. The Balaban J connectivity index is 1.51. The summed E-state index contributed by atoms with van der Waals surface area (Å²) in [5, 5.41) is 11.0. The van der Waals surface area contributed by atoms with Gasteiger partial charge in [0.1, 0.15) is 0 Å². The van der Waals surface area contributed by atoms with Crippen molar-refractivity contribution in [1.82, 2.24) is 15.5 Å². The van der Waals surface area contributed by atoms with Gasteiger partial charge in [0.05, 0.1) is 25.1 Å². The van der Waals surface area contributed by atoms with Crippen molar-refractivity contribution in [3.8, 4) is 11.5 Å². The van der Waals surface area contributed by atoms with Gasteiger partial charge in [-0.05, 0) is 30.9 Å². The van der Waals surface area contributed by atoms with Gasteiger partial charge in [-0.25, -0.2) is 0 Å². The van der Waals surface area contributed by atoms with Crippen LogP contribution in [0.4, 0.5) is 0 Å². The van der Waals surface area contributed by atoms with Gasteiger partial charge in [0.15, 0.2) is 11.5 Å². The fourth-order valence-electron chi connectivity index (χ4n) is 3.29. The molecule has 116 valence electrons. The number of aromatic amines is 1. The number of fused-ring (bicyclic) bond motifs is 2. The van der Waals surface area contributed by atoms with Crippen molar-refractivity contribution in [2.75, 3.05) is 13.2 Å². The van der Waals surface area contributed by atoms with Crippen LogP contribution in [0.2, 0.25) is 0 Å². The zero-order chi connectivity index (χ0) is 14.8. The summed E-state index contributed by atoms with van der Waals surface area (Å²) in [6.45, 7) is 2.22. The van der Waals surface area contributed by atoms with Gasteiger partial charge in [0, 0.05) is 24.6 Å². The molecular weight excluding hydrogens is 278 g/mol. The van der Waals surface area contributed by atoms with Crippen LogP contribution >= 0.6 is 0 Å². The van der Waals surface area contributed by atoms with E-state index in [9.17, 15) is 0 Å². The molecule has 1 atom stereocenters. The number of H-pyrrole nitrogens is 1. The van der Waals surface area contributed by atoms with Crippen LogP contribution < -0.4 is 14.8 Å². The van der Waals surface area contributed by atoms with Gasteiger partial charge in [0.2, 0.25) is 0 Å². The maximum atomic E-state index is 5.89. The van der Waals surface area contributed by atoms with Crippen molar-refractivity contribution in [3.63, 3.8) is 0 Å². The van der Waals surface area contributed by atoms with E-state index in [0.29, 0.717) is 6.04 Å². The lowest BCUT2D eigenvalue weighted by Gasteiger charge is -2.23. The van der Waals surface area contributed by atoms with Crippen LogP contribution in [-0.2, 0) is 13.0 Å². The molecule has 0 radical (unpaired) electrons. The van der Waals surface area contributed by atoms with Crippen molar-refractivity contribution in [2.24, 2.45) is 0 Å². The number of nitrogens with one attached hydrogen (secondary N) is 2. The molecule has 0 saturated carbocycles. The normalized spacial score (nSPS) is 20.3. The van der Waals surface area contributed by atoms with E-state index in [2.05, 4.69) is 21.6 Å². The Kier molecular flexibility index (Phi) is 3.72. The smallest absolute Gasteiger partial charge is 0.165 e. The Hall–Kier alpha value is -2.01. The molecule has 1 aliphatic heterocycles. The van der Waals surface area contributed by atoms with E-state index in [0.717, 1.165) is 56.1 Å². The Morgan fingerprint density at radius 2 is 2.18 bits per heavy atom. The molecule has 2 N–H and O–H groups in total. The van der Waals surface area contributed by atoms with Crippen LogP contribution in [0, 0.1) is 0 Å². The number of para-hydroxylation sites is 1. The molecule has 1 aromatic heterocycles. The van der Waals surface area contributed by atoms with Gasteiger partial charge in [-0.2, -0.15) is 5.10 Å². The summed E-state index contributed by atoms with van der Waals surface area (Å²) in [6.07, 6.45) is 6.36. The molecule has 4 rings (SSSR count). The fourth-order valence-corrected chi connectivity index (χ4v) is 3.29. The quantitative estimate of drug-likeness (QED) is 0.915. The lowest BCUT2D eigenvalue weighted by atomic mass is 9.93. The van der Waals surface area contributed by atoms with Gasteiger partial charge in [-0.3, -0.25) is 5.10 Å². The average molecular weight is 299 g/mol. The molecule has 22 heavy (non-hydrogen) atoms. The zero-order valence-electron chi connectivity index (χ0n) is 12.6. The van der Waals surface area contributed by atoms with Gasteiger partial charge in [0.25, 0.3) is 0 Å². The Labute approximate surface area is 130 Å². The van der Waals surface area contributed by atoms with Crippen molar-refractivity contribution in [2.45, 2.75) is 38.3 Å². The average Bonchev–Trinajstić information content (AvgIpc) is 2.90. The SMILES string of the molecule is c1cc(CN[C@H]2CCCc3cn[nH]c32)c2c(c1)OCCCO2. The van der Waals surface area contributed by atoms with E-state index in [1.807, 2.05) is 18.3 Å². The van der Waals surface area contributed by atoms with E-state index < -0.39 is 0 Å². The van der Waals surface area contributed by atoms with E-state index in [1.165, 1.54) is 17.7 Å². The number of benzene rings is 1. The van der Waals surface area contributed by atoms with Crippen LogP contribution in [0.1, 0.15) is 42.1 Å². The molecule has 0 saturated heterocycles. The summed E-state index contributed by atoms with van der Waals surface area (Å²) >= 11 is 0. The monoisotopic (exact) mass is 299 g/mol. The number of aryl methyl sites for hydroxylation is 1. The first-order chi connectivity index (χ1) is 10.9. The summed E-state index contributed by atoms with van der Waals surface area (Å²) in [7, 11) is 0. The highest BCUT2D eigenvalue weighted by Crippen LogP contribution is 2.34. The predicted molar refractivity (Wildman–Crippen MR) is 83.2 cm³/mol. The highest BCUT2D eigenvalue weighted by atomic mass is 16.5. The van der Waals surface area contributed by atoms with Crippen molar-refractivity contribution in [1.29, 1.82) is 0 Å². The molecule has 0 spiro atoms. The second-order valence-electron chi connectivity index (χ2n) is 5.93. The molecule has 0 fully saturated rings. The highest BCUT2D eigenvalue weighted by Gasteiger charge is 2.22. The molecule has 1 aliphatic carbocycles. The van der Waals surface area contributed by atoms with Crippen LogP contribution in [0.3, 0.4) is 0 Å². The molecule has 0 amide bonds. The second kappa shape index (κ2) is 6.01. The molecule has 0 unspecified atom stereocenters. The van der Waals surface area contributed by atoms with Crippen molar-refractivity contribution < 1.29 is 9.47 Å². The third-order valence-corrected chi connectivity index (χ3v) is 4.43. The first kappa shape index (κ1) is 13.6. The lowest BCUT2D eigenvalue weighted by Crippen LogP contribution is -2.25. The number of aromatic nitrogens is 2. The maximum Gasteiger partial charge on any atom is 0.165 e. The van der Waals surface area contributed by atoms with Crippen LogP contribution in [0.5, 0.6) is 11.5 Å². The molecule has 5 nitrogen and oxygen atoms in total. The van der Waals surface area contributed by atoms with E-state index in [4.69, 9.17) is 9.47 Å². The van der Waals surface area contributed by atoms with Crippen molar-refractivity contribution in [3.05, 3.63) is 41.2 Å². The van der Waals surface area contributed by atoms with Crippen LogP contribution in [0.15, 0.2) is 24.4 Å². The van der Waals surface area contributed by atoms with Crippen molar-refractivity contribution >= 4 is 0 Å². The van der Waals surface area contributed by atoms with E-state index >= 15 is 0 Å². The second-order valence-corrected chi connectivity index (χ2v) is 5.93. The number of ether oxygens (including phenoxy) is 2. The third kappa shape index (κ3) is 2.57. The topological polar surface area (TPSA) is 59.2 Å².